The Morgan fingerprint density at radius 2 is 1.81 bits per heavy atom. The number of Topliss-reactive ketones (excluding diaryl/α,β-unsaturated/α-hetero) is 1. The van der Waals surface area contributed by atoms with Crippen LogP contribution in [-0.4, -0.2) is 49.3 Å². The molecule has 188 valence electrons. The maximum absolute atomic E-state index is 13.5. The van der Waals surface area contributed by atoms with Gasteiger partial charge in [0, 0.05) is 12.7 Å². The van der Waals surface area contributed by atoms with Gasteiger partial charge in [-0.1, -0.05) is 42.5 Å². The van der Waals surface area contributed by atoms with E-state index in [0.717, 1.165) is 5.56 Å². The van der Waals surface area contributed by atoms with E-state index >= 15 is 0 Å². The molecule has 0 saturated carbocycles. The number of hydrogen-bond acceptors (Lipinski definition) is 6. The molecule has 1 atom stereocenters. The highest BCUT2D eigenvalue weighted by atomic mass is 16.5. The minimum absolute atomic E-state index is 0.0278. The van der Waals surface area contributed by atoms with E-state index in [1.165, 1.54) is 11.0 Å². The predicted octanol–water partition coefficient (Wildman–Crippen LogP) is 4.41. The van der Waals surface area contributed by atoms with Crippen molar-refractivity contribution in [2.24, 2.45) is 0 Å². The number of carbonyl (C=O) groups is 2. The number of aromatic nitrogens is 2. The second kappa shape index (κ2) is 9.81. The summed E-state index contributed by atoms with van der Waals surface area (Å²) >= 11 is 0. The largest absolute Gasteiger partial charge is 0.505 e. The molecule has 0 spiro atoms. The van der Waals surface area contributed by atoms with Gasteiger partial charge >= 0.3 is 0 Å². The van der Waals surface area contributed by atoms with Crippen LogP contribution in [0.25, 0.3) is 11.4 Å². The third kappa shape index (κ3) is 4.31. The van der Waals surface area contributed by atoms with Crippen LogP contribution in [-0.2, 0) is 16.0 Å². The number of nitrogens with zero attached hydrogens (tertiary/aromatic N) is 3. The normalized spacial score (nSPS) is 17.0. The zero-order valence-electron chi connectivity index (χ0n) is 20.6. The van der Waals surface area contributed by atoms with Gasteiger partial charge in [0.25, 0.3) is 11.7 Å². The highest BCUT2D eigenvalue weighted by Crippen LogP contribution is 2.42. The fraction of sp³-hybridized carbons (Fsp3) is 0.207. The zero-order chi connectivity index (χ0) is 26.1. The van der Waals surface area contributed by atoms with Crippen LogP contribution in [0.3, 0.4) is 0 Å². The van der Waals surface area contributed by atoms with Crippen LogP contribution in [0, 0.1) is 6.92 Å². The number of phenolic OH excluding ortho intramolecular Hbond substituents is 1. The number of benzene rings is 2. The molecule has 8 nitrogen and oxygen atoms in total. The van der Waals surface area contributed by atoms with Gasteiger partial charge in [-0.05, 0) is 55.7 Å². The molecule has 2 aromatic carbocycles. The van der Waals surface area contributed by atoms with Crippen molar-refractivity contribution in [1.82, 2.24) is 14.3 Å². The molecule has 1 fully saturated rings. The number of phenols is 1. The molecule has 8 heteroatoms. The fourth-order valence-corrected chi connectivity index (χ4v) is 4.85. The van der Waals surface area contributed by atoms with E-state index < -0.39 is 17.7 Å². The summed E-state index contributed by atoms with van der Waals surface area (Å²) in [5.41, 5.74) is 3.02. The molecule has 1 saturated heterocycles. The second-order valence-electron chi connectivity index (χ2n) is 8.86. The summed E-state index contributed by atoms with van der Waals surface area (Å²) in [6.07, 6.45) is 2.27. The van der Waals surface area contributed by atoms with Gasteiger partial charge in [-0.15, -0.1) is 0 Å². The van der Waals surface area contributed by atoms with Crippen molar-refractivity contribution in [1.29, 1.82) is 0 Å². The number of aromatic hydroxyl groups is 1. The Balaban J connectivity index is 1.67. The third-order valence-corrected chi connectivity index (χ3v) is 6.55. The van der Waals surface area contributed by atoms with Gasteiger partial charge in [0.15, 0.2) is 17.3 Å². The van der Waals surface area contributed by atoms with Crippen molar-refractivity contribution < 1.29 is 24.5 Å². The average Bonchev–Trinajstić information content (AvgIpc) is 3.37. The van der Waals surface area contributed by atoms with Crippen LogP contribution < -0.4 is 4.74 Å². The highest BCUT2D eigenvalue weighted by Gasteiger charge is 2.46. The first-order valence-electron chi connectivity index (χ1n) is 12.1. The van der Waals surface area contributed by atoms with Crippen LogP contribution >= 0.6 is 0 Å². The van der Waals surface area contributed by atoms with Crippen LogP contribution in [0.1, 0.15) is 35.5 Å². The quantitative estimate of drug-likeness (QED) is 0.223. The summed E-state index contributed by atoms with van der Waals surface area (Å²) in [5, 5.41) is 21.8. The maximum atomic E-state index is 13.5. The molecule has 1 aliphatic heterocycles. The van der Waals surface area contributed by atoms with Crippen LogP contribution in [0.15, 0.2) is 78.5 Å². The van der Waals surface area contributed by atoms with Crippen molar-refractivity contribution in [3.63, 3.8) is 0 Å². The number of likely N-dealkylation sites (tertiary alicyclic amines) is 1. The summed E-state index contributed by atoms with van der Waals surface area (Å²) in [6, 6.07) is 18.9. The summed E-state index contributed by atoms with van der Waals surface area (Å²) in [7, 11) is 0. The standard InChI is InChI=1S/C29H27N3O5/c1-3-37-22-17-20(12-13-21(22)33)26-24(27(34)25-18(2)30-23-11-7-8-15-31(23)25)28(35)29(36)32(26)16-14-19-9-5-4-6-10-19/h4-13,15,17,26,33-34H,3,14,16H2,1-2H3/b27-24+. The number of fused-ring (bicyclic) bond motifs is 1. The Hall–Kier alpha value is -4.59. The van der Waals surface area contributed by atoms with E-state index in [9.17, 15) is 19.8 Å². The van der Waals surface area contributed by atoms with Gasteiger partial charge in [0.05, 0.1) is 23.9 Å². The Morgan fingerprint density at radius 3 is 2.57 bits per heavy atom. The number of amides is 1. The number of imidazole rings is 1. The summed E-state index contributed by atoms with van der Waals surface area (Å²) in [4.78, 5) is 32.8. The zero-order valence-corrected chi connectivity index (χ0v) is 20.6. The van der Waals surface area contributed by atoms with E-state index in [1.807, 2.05) is 36.4 Å². The smallest absolute Gasteiger partial charge is 0.295 e. The van der Waals surface area contributed by atoms with E-state index in [4.69, 9.17) is 4.74 Å². The average molecular weight is 498 g/mol. The summed E-state index contributed by atoms with van der Waals surface area (Å²) in [5.74, 6) is -1.58. The van der Waals surface area contributed by atoms with Crippen molar-refractivity contribution in [3.8, 4) is 11.5 Å². The van der Waals surface area contributed by atoms with Crippen LogP contribution in [0.2, 0.25) is 0 Å². The summed E-state index contributed by atoms with van der Waals surface area (Å²) in [6.45, 7) is 4.13. The van der Waals surface area contributed by atoms with Crippen LogP contribution in [0.5, 0.6) is 11.5 Å². The molecular weight excluding hydrogens is 470 g/mol. The van der Waals surface area contributed by atoms with Gasteiger partial charge in [0.2, 0.25) is 0 Å². The van der Waals surface area contributed by atoms with E-state index in [-0.39, 0.29) is 29.4 Å². The molecule has 5 rings (SSSR count). The first kappa shape index (κ1) is 24.1. The van der Waals surface area contributed by atoms with Gasteiger partial charge in [-0.2, -0.15) is 0 Å². The molecule has 3 heterocycles. The lowest BCUT2D eigenvalue weighted by Crippen LogP contribution is -2.31. The minimum Gasteiger partial charge on any atom is -0.505 e. The molecule has 0 radical (unpaired) electrons. The Bertz CT molecular complexity index is 1520. The van der Waals surface area contributed by atoms with E-state index in [0.29, 0.717) is 35.6 Å². The number of carbonyl (C=O) groups excluding carboxylic acids is 2. The molecule has 0 bridgehead atoms. The van der Waals surface area contributed by atoms with E-state index in [2.05, 4.69) is 4.98 Å². The van der Waals surface area contributed by atoms with Crippen molar-refractivity contribution in [3.05, 3.63) is 101 Å². The monoisotopic (exact) mass is 497 g/mol. The number of aliphatic hydroxyl groups is 1. The number of hydrogen-bond donors (Lipinski definition) is 2. The molecule has 1 aliphatic rings. The number of rotatable bonds is 7. The lowest BCUT2D eigenvalue weighted by atomic mass is 9.95. The molecule has 4 aromatic rings. The minimum atomic E-state index is -0.878. The van der Waals surface area contributed by atoms with Gasteiger partial charge in [-0.3, -0.25) is 14.0 Å². The highest BCUT2D eigenvalue weighted by molar-refractivity contribution is 6.46. The first-order valence-corrected chi connectivity index (χ1v) is 12.1. The number of aryl methyl sites for hydroxylation is 1. The van der Waals surface area contributed by atoms with Crippen molar-refractivity contribution in [2.45, 2.75) is 26.3 Å². The van der Waals surface area contributed by atoms with Gasteiger partial charge in [0.1, 0.15) is 11.3 Å². The third-order valence-electron chi connectivity index (χ3n) is 6.55. The number of pyridine rings is 1. The lowest BCUT2D eigenvalue weighted by Gasteiger charge is -2.26. The molecule has 37 heavy (non-hydrogen) atoms. The Labute approximate surface area is 214 Å². The first-order chi connectivity index (χ1) is 17.9. The van der Waals surface area contributed by atoms with Crippen LogP contribution in [0.4, 0.5) is 0 Å². The molecule has 1 unspecified atom stereocenters. The Morgan fingerprint density at radius 1 is 1.05 bits per heavy atom. The molecule has 2 N–H and O–H groups in total. The predicted molar refractivity (Wildman–Crippen MR) is 138 cm³/mol. The van der Waals surface area contributed by atoms with Gasteiger partial charge in [-0.25, -0.2) is 4.98 Å². The molecular formula is C29H27N3O5. The molecule has 1 amide bonds. The number of aliphatic hydroxyl groups excluding tert-OH is 1. The molecule has 2 aromatic heterocycles. The number of ether oxygens (including phenoxy) is 1. The van der Waals surface area contributed by atoms with Crippen molar-refractivity contribution in [2.75, 3.05) is 13.2 Å². The number of ketones is 1. The summed E-state index contributed by atoms with van der Waals surface area (Å²) < 4.78 is 7.26. The SMILES string of the molecule is CCOc1cc(C2/C(=C(\O)c3c(C)nc4ccccn34)C(=O)C(=O)N2CCc2ccccc2)ccc1O. The maximum Gasteiger partial charge on any atom is 0.295 e. The molecule has 0 aliphatic carbocycles. The van der Waals surface area contributed by atoms with Gasteiger partial charge < -0.3 is 19.8 Å². The second-order valence-corrected chi connectivity index (χ2v) is 8.86. The fourth-order valence-electron chi connectivity index (χ4n) is 4.85. The topological polar surface area (TPSA) is 104 Å². The lowest BCUT2D eigenvalue weighted by molar-refractivity contribution is -0.139. The van der Waals surface area contributed by atoms with E-state index in [1.54, 1.807) is 48.7 Å². The Kier molecular flexibility index (Phi) is 6.40. The van der Waals surface area contributed by atoms with Crippen molar-refractivity contribution >= 4 is 23.1 Å².